The van der Waals surface area contributed by atoms with Crippen LogP contribution in [0.15, 0.2) is 20.1 Å². The molecule has 110 valence electrons. The summed E-state index contributed by atoms with van der Waals surface area (Å²) < 4.78 is 28.2. The van der Waals surface area contributed by atoms with Gasteiger partial charge >= 0.3 is 0 Å². The van der Waals surface area contributed by atoms with Gasteiger partial charge in [-0.1, -0.05) is 11.6 Å². The van der Waals surface area contributed by atoms with E-state index in [1.165, 1.54) is 10.9 Å². The van der Waals surface area contributed by atoms with Gasteiger partial charge in [-0.15, -0.1) is 22.7 Å². The van der Waals surface area contributed by atoms with E-state index < -0.39 is 10.0 Å². The van der Waals surface area contributed by atoms with Gasteiger partial charge < -0.3 is 0 Å². The van der Waals surface area contributed by atoms with Crippen LogP contribution in [-0.4, -0.2) is 8.42 Å². The average molecular weight is 415 g/mol. The van der Waals surface area contributed by atoms with Gasteiger partial charge in [0.05, 0.1) is 8.81 Å². The molecule has 2 rings (SSSR count). The van der Waals surface area contributed by atoms with Crippen LogP contribution in [0.2, 0.25) is 5.02 Å². The summed E-state index contributed by atoms with van der Waals surface area (Å²) in [5.74, 6) is 0. The van der Waals surface area contributed by atoms with Crippen molar-refractivity contribution < 1.29 is 8.42 Å². The molecular weight excluding hydrogens is 402 g/mol. The molecule has 8 heteroatoms. The molecule has 3 nitrogen and oxygen atoms in total. The van der Waals surface area contributed by atoms with Crippen LogP contribution in [0.3, 0.4) is 0 Å². The number of rotatable bonds is 4. The minimum absolute atomic E-state index is 0.214. The van der Waals surface area contributed by atoms with Crippen LogP contribution in [0.5, 0.6) is 0 Å². The number of sulfonamides is 1. The molecule has 0 saturated carbocycles. The Balaban J connectivity index is 2.26. The summed E-state index contributed by atoms with van der Waals surface area (Å²) in [5, 5.41) is 0.408. The van der Waals surface area contributed by atoms with Gasteiger partial charge in [-0.2, -0.15) is 0 Å². The Morgan fingerprint density at radius 3 is 2.40 bits per heavy atom. The third-order valence-electron chi connectivity index (χ3n) is 2.77. The predicted octanol–water partition coefficient (Wildman–Crippen LogP) is 4.88. The fourth-order valence-electron chi connectivity index (χ4n) is 1.89. The largest absolute Gasteiger partial charge is 0.250 e. The van der Waals surface area contributed by atoms with Crippen LogP contribution < -0.4 is 4.72 Å². The number of hydrogen-bond acceptors (Lipinski definition) is 4. The van der Waals surface area contributed by atoms with Gasteiger partial charge in [0.25, 0.3) is 10.0 Å². The molecule has 0 bridgehead atoms. The Morgan fingerprint density at radius 2 is 1.95 bits per heavy atom. The summed E-state index contributed by atoms with van der Waals surface area (Å²) in [6.45, 7) is 5.85. The number of thiophene rings is 2. The second-order valence-electron chi connectivity index (χ2n) is 4.40. The van der Waals surface area contributed by atoms with Crippen molar-refractivity contribution in [2.24, 2.45) is 0 Å². The van der Waals surface area contributed by atoms with Crippen molar-refractivity contribution in [1.29, 1.82) is 0 Å². The number of halogens is 2. The Morgan fingerprint density at radius 1 is 1.30 bits per heavy atom. The monoisotopic (exact) mass is 413 g/mol. The summed E-state index contributed by atoms with van der Waals surface area (Å²) in [6.07, 6.45) is 0. The highest BCUT2D eigenvalue weighted by Gasteiger charge is 2.23. The van der Waals surface area contributed by atoms with Gasteiger partial charge in [-0.3, -0.25) is 0 Å². The van der Waals surface area contributed by atoms with Crippen LogP contribution in [0.25, 0.3) is 0 Å². The maximum Gasteiger partial charge on any atom is 0.250 e. The van der Waals surface area contributed by atoms with Gasteiger partial charge in [-0.25, -0.2) is 13.1 Å². The zero-order valence-electron chi connectivity index (χ0n) is 11.0. The Kier molecular flexibility index (Phi) is 4.98. The van der Waals surface area contributed by atoms with Gasteiger partial charge in [-0.05, 0) is 54.4 Å². The van der Waals surface area contributed by atoms with Crippen molar-refractivity contribution >= 4 is 60.2 Å². The third kappa shape index (κ3) is 3.45. The molecule has 0 amide bonds. The maximum absolute atomic E-state index is 12.3. The first-order valence-electron chi connectivity index (χ1n) is 5.75. The molecule has 1 unspecified atom stereocenters. The van der Waals surface area contributed by atoms with E-state index in [0.717, 1.165) is 21.8 Å². The summed E-state index contributed by atoms with van der Waals surface area (Å²) >= 11 is 11.9. The maximum atomic E-state index is 12.3. The summed E-state index contributed by atoms with van der Waals surface area (Å²) in [7, 11) is -3.56. The molecule has 0 spiro atoms. The van der Waals surface area contributed by atoms with Crippen LogP contribution in [0.4, 0.5) is 0 Å². The molecule has 0 aromatic carbocycles. The van der Waals surface area contributed by atoms with E-state index in [-0.39, 0.29) is 10.3 Å². The van der Waals surface area contributed by atoms with Gasteiger partial charge in [0.2, 0.25) is 0 Å². The second-order valence-corrected chi connectivity index (χ2v) is 10.6. The fraction of sp³-hybridized carbons (Fsp3) is 0.333. The van der Waals surface area contributed by atoms with Crippen LogP contribution >= 0.6 is 50.2 Å². The third-order valence-corrected chi connectivity index (χ3v) is 8.24. The summed E-state index contributed by atoms with van der Waals surface area (Å²) in [6, 6.07) is 3.20. The first-order valence-corrected chi connectivity index (χ1v) is 10.0. The van der Waals surface area contributed by atoms with E-state index >= 15 is 0 Å². The van der Waals surface area contributed by atoms with Crippen molar-refractivity contribution in [2.75, 3.05) is 0 Å². The number of nitrogens with one attached hydrogen (secondary N) is 1. The molecule has 1 N–H and O–H groups in total. The lowest BCUT2D eigenvalue weighted by Crippen LogP contribution is -2.26. The van der Waals surface area contributed by atoms with Gasteiger partial charge in [0, 0.05) is 15.8 Å². The minimum Gasteiger partial charge on any atom is -0.206 e. The van der Waals surface area contributed by atoms with Gasteiger partial charge in [0.15, 0.2) is 0 Å². The van der Waals surface area contributed by atoms with Gasteiger partial charge in [0.1, 0.15) is 4.21 Å². The predicted molar refractivity (Wildman–Crippen MR) is 89.6 cm³/mol. The summed E-state index contributed by atoms with van der Waals surface area (Å²) in [5.41, 5.74) is 1.01. The van der Waals surface area contributed by atoms with E-state index in [9.17, 15) is 8.42 Å². The van der Waals surface area contributed by atoms with Crippen molar-refractivity contribution in [1.82, 2.24) is 4.72 Å². The lowest BCUT2D eigenvalue weighted by atomic mass is 10.1. The number of hydrogen-bond donors (Lipinski definition) is 1. The smallest absolute Gasteiger partial charge is 0.206 e. The topological polar surface area (TPSA) is 46.2 Å². The first kappa shape index (κ1) is 16.5. The molecule has 2 aromatic rings. The van der Waals surface area contributed by atoms with E-state index in [1.54, 1.807) is 11.3 Å². The highest BCUT2D eigenvalue weighted by Crippen LogP contribution is 2.35. The molecule has 20 heavy (non-hydrogen) atoms. The van der Waals surface area contributed by atoms with E-state index in [0.29, 0.717) is 8.81 Å². The molecule has 1 atom stereocenters. The lowest BCUT2D eigenvalue weighted by Gasteiger charge is -2.13. The van der Waals surface area contributed by atoms with Crippen molar-refractivity contribution in [3.8, 4) is 0 Å². The van der Waals surface area contributed by atoms with Crippen molar-refractivity contribution in [3.05, 3.63) is 36.3 Å². The highest BCUT2D eigenvalue weighted by atomic mass is 79.9. The lowest BCUT2D eigenvalue weighted by molar-refractivity contribution is 0.569. The van der Waals surface area contributed by atoms with Crippen LogP contribution in [0.1, 0.15) is 28.3 Å². The molecule has 2 aromatic heterocycles. The van der Waals surface area contributed by atoms with E-state index in [2.05, 4.69) is 20.7 Å². The number of aryl methyl sites for hydroxylation is 2. The fourth-order valence-corrected chi connectivity index (χ4v) is 6.55. The van der Waals surface area contributed by atoms with E-state index in [1.807, 2.05) is 26.8 Å². The van der Waals surface area contributed by atoms with Crippen molar-refractivity contribution in [3.63, 3.8) is 0 Å². The highest BCUT2D eigenvalue weighted by molar-refractivity contribution is 9.11. The zero-order chi connectivity index (χ0) is 15.1. The van der Waals surface area contributed by atoms with Crippen molar-refractivity contribution in [2.45, 2.75) is 31.0 Å². The Bertz CT molecular complexity index is 716. The SMILES string of the molecule is Cc1cc(C(C)NS(=O)(=O)c2cc(Cl)c(Br)s2)c(C)s1. The molecule has 0 fully saturated rings. The average Bonchev–Trinajstić information content (AvgIpc) is 2.82. The molecule has 0 aliphatic heterocycles. The Labute approximate surface area is 140 Å². The van der Waals surface area contributed by atoms with Crippen LogP contribution in [-0.2, 0) is 10.0 Å². The molecule has 2 heterocycles. The Hall–Kier alpha value is 0.0800. The van der Waals surface area contributed by atoms with Crippen LogP contribution in [0, 0.1) is 13.8 Å². The second kappa shape index (κ2) is 6.06. The molecule has 0 aliphatic rings. The molecular formula is C12H13BrClNO2S3. The minimum atomic E-state index is -3.56. The normalized spacial score (nSPS) is 13.7. The summed E-state index contributed by atoms with van der Waals surface area (Å²) in [4.78, 5) is 2.30. The standard InChI is InChI=1S/C12H13BrClNO2S3/c1-6-4-9(8(3)18-6)7(2)15-20(16,17)11-5-10(14)12(13)19-11/h4-5,7,15H,1-3H3. The molecule has 0 radical (unpaired) electrons. The zero-order valence-corrected chi connectivity index (χ0v) is 15.8. The molecule has 0 saturated heterocycles. The molecule has 0 aliphatic carbocycles. The first-order chi connectivity index (χ1) is 9.20. The quantitative estimate of drug-likeness (QED) is 0.775. The van der Waals surface area contributed by atoms with E-state index in [4.69, 9.17) is 11.6 Å².